The first-order chi connectivity index (χ1) is 10.3. The Morgan fingerprint density at radius 1 is 1.48 bits per heavy atom. The second-order valence-corrected chi connectivity index (χ2v) is 5.00. The number of benzene rings is 1. The number of halogens is 1. The lowest BCUT2D eigenvalue weighted by Crippen LogP contribution is -2.39. The van der Waals surface area contributed by atoms with Crippen LogP contribution in [0, 0.1) is 0 Å². The van der Waals surface area contributed by atoms with Gasteiger partial charge in [-0.15, -0.1) is 11.6 Å². The lowest BCUT2D eigenvalue weighted by Gasteiger charge is -2.26. The molecule has 1 aliphatic heterocycles. The van der Waals surface area contributed by atoms with Crippen molar-refractivity contribution in [2.24, 2.45) is 0 Å². The third-order valence-corrected chi connectivity index (χ3v) is 3.34. The van der Waals surface area contributed by atoms with E-state index in [4.69, 9.17) is 25.8 Å². The average molecular weight is 314 g/mol. The van der Waals surface area contributed by atoms with Crippen molar-refractivity contribution in [2.45, 2.75) is 19.4 Å². The number of rotatable bonds is 7. The molecule has 1 amide bonds. The van der Waals surface area contributed by atoms with Crippen molar-refractivity contribution in [3.8, 4) is 5.75 Å². The van der Waals surface area contributed by atoms with Crippen molar-refractivity contribution < 1.29 is 19.0 Å². The average Bonchev–Trinajstić information content (AvgIpc) is 3.03. The fourth-order valence-electron chi connectivity index (χ4n) is 2.10. The first-order valence-corrected chi connectivity index (χ1v) is 7.57. The van der Waals surface area contributed by atoms with E-state index in [1.54, 1.807) is 4.90 Å². The van der Waals surface area contributed by atoms with Crippen LogP contribution in [0.5, 0.6) is 5.75 Å². The molecule has 0 saturated carbocycles. The maximum Gasteiger partial charge on any atom is 0.242 e. The molecule has 21 heavy (non-hydrogen) atoms. The van der Waals surface area contributed by atoms with Crippen molar-refractivity contribution >= 4 is 23.2 Å². The van der Waals surface area contributed by atoms with Crippen molar-refractivity contribution in [3.63, 3.8) is 0 Å². The van der Waals surface area contributed by atoms with Gasteiger partial charge in [0.1, 0.15) is 24.5 Å². The number of carbonyl (C=O) groups excluding carboxylic acids is 1. The fourth-order valence-corrected chi connectivity index (χ4v) is 2.25. The van der Waals surface area contributed by atoms with E-state index in [0.717, 1.165) is 6.42 Å². The Morgan fingerprint density at radius 3 is 2.95 bits per heavy atom. The van der Waals surface area contributed by atoms with Crippen LogP contribution in [-0.2, 0) is 14.3 Å². The van der Waals surface area contributed by atoms with Gasteiger partial charge in [-0.3, -0.25) is 4.79 Å². The van der Waals surface area contributed by atoms with Crippen LogP contribution in [0.1, 0.15) is 13.3 Å². The van der Waals surface area contributed by atoms with Crippen LogP contribution < -0.4 is 9.64 Å². The van der Waals surface area contributed by atoms with Gasteiger partial charge in [0.25, 0.3) is 0 Å². The summed E-state index contributed by atoms with van der Waals surface area (Å²) in [6.07, 6.45) is 0.758. The number of hydrogen-bond acceptors (Lipinski definition) is 4. The molecule has 1 fully saturated rings. The molecule has 0 spiro atoms. The van der Waals surface area contributed by atoms with E-state index >= 15 is 0 Å². The molecule has 1 aliphatic rings. The highest BCUT2D eigenvalue weighted by Gasteiger charge is 2.25. The Labute approximate surface area is 129 Å². The summed E-state index contributed by atoms with van der Waals surface area (Å²) in [5.41, 5.74) is 0.715. The van der Waals surface area contributed by atoms with Crippen LogP contribution in [0.3, 0.4) is 0 Å². The van der Waals surface area contributed by atoms with Gasteiger partial charge in [-0.25, -0.2) is 0 Å². The molecule has 5 nitrogen and oxygen atoms in total. The molecule has 1 aromatic rings. The number of ether oxygens (including phenoxy) is 3. The number of hydrogen-bond donors (Lipinski definition) is 0. The summed E-state index contributed by atoms with van der Waals surface area (Å²) in [6.45, 7) is 3.78. The summed E-state index contributed by atoms with van der Waals surface area (Å²) < 4.78 is 16.3. The SMILES string of the molecule is CCCOc1ccccc1N(CC1COCO1)C(=O)CCl. The molecule has 2 rings (SSSR count). The van der Waals surface area contributed by atoms with Crippen molar-refractivity contribution in [1.29, 1.82) is 0 Å². The zero-order chi connectivity index (χ0) is 15.1. The minimum absolute atomic E-state index is 0.0876. The second kappa shape index (κ2) is 8.22. The van der Waals surface area contributed by atoms with Gasteiger partial charge in [-0.1, -0.05) is 19.1 Å². The Balaban J connectivity index is 2.20. The lowest BCUT2D eigenvalue weighted by atomic mass is 10.2. The van der Waals surface area contributed by atoms with Gasteiger partial charge in [-0.05, 0) is 18.6 Å². The second-order valence-electron chi connectivity index (χ2n) is 4.73. The van der Waals surface area contributed by atoms with Gasteiger partial charge in [-0.2, -0.15) is 0 Å². The summed E-state index contributed by atoms with van der Waals surface area (Å²) in [5.74, 6) is 0.409. The molecule has 6 heteroatoms. The molecule has 0 radical (unpaired) electrons. The molecule has 1 atom stereocenters. The van der Waals surface area contributed by atoms with Crippen LogP contribution >= 0.6 is 11.6 Å². The Hall–Kier alpha value is -1.30. The Morgan fingerprint density at radius 2 is 2.29 bits per heavy atom. The Bertz CT molecular complexity index is 463. The first kappa shape index (κ1) is 16.1. The highest BCUT2D eigenvalue weighted by molar-refractivity contribution is 6.29. The molecule has 0 aliphatic carbocycles. The number of alkyl halides is 1. The fraction of sp³-hybridized carbons (Fsp3) is 0.533. The molecule has 1 heterocycles. The van der Waals surface area contributed by atoms with Gasteiger partial charge in [0, 0.05) is 0 Å². The first-order valence-electron chi connectivity index (χ1n) is 7.03. The molecular formula is C15H20ClNO4. The number of nitrogens with zero attached hydrogens (tertiary/aromatic N) is 1. The quantitative estimate of drug-likeness (QED) is 0.725. The molecule has 0 N–H and O–H groups in total. The highest BCUT2D eigenvalue weighted by atomic mass is 35.5. The summed E-state index contributed by atoms with van der Waals surface area (Å²) in [6, 6.07) is 7.46. The largest absolute Gasteiger partial charge is 0.491 e. The topological polar surface area (TPSA) is 48.0 Å². The number of anilines is 1. The Kier molecular flexibility index (Phi) is 6.29. The van der Waals surface area contributed by atoms with Crippen molar-refractivity contribution in [2.75, 3.05) is 37.3 Å². The summed E-state index contributed by atoms with van der Waals surface area (Å²) in [5, 5.41) is 0. The molecule has 0 aromatic heterocycles. The van der Waals surface area contributed by atoms with E-state index in [1.165, 1.54) is 0 Å². The monoisotopic (exact) mass is 313 g/mol. The van der Waals surface area contributed by atoms with Gasteiger partial charge in [0.15, 0.2) is 0 Å². The maximum atomic E-state index is 12.2. The predicted octanol–water partition coefficient (Wildman–Crippen LogP) is 2.42. The molecule has 1 unspecified atom stereocenters. The minimum atomic E-state index is -0.181. The number of amides is 1. The van der Waals surface area contributed by atoms with Crippen LogP contribution in [0.15, 0.2) is 24.3 Å². The molecule has 1 aromatic carbocycles. The molecule has 0 bridgehead atoms. The standard InChI is InChI=1S/C15H20ClNO4/c1-2-7-20-14-6-4-3-5-13(14)17(15(18)8-16)9-12-10-19-11-21-12/h3-6,12H,2,7-11H2,1H3. The number of carbonyl (C=O) groups is 1. The van der Waals surface area contributed by atoms with E-state index in [1.807, 2.05) is 31.2 Å². The van der Waals surface area contributed by atoms with E-state index in [9.17, 15) is 4.79 Å². The van der Waals surface area contributed by atoms with Crippen molar-refractivity contribution in [3.05, 3.63) is 24.3 Å². The zero-order valence-electron chi connectivity index (χ0n) is 12.1. The van der Waals surface area contributed by atoms with Gasteiger partial charge in [0.05, 0.1) is 25.4 Å². The van der Waals surface area contributed by atoms with E-state index in [-0.39, 0.29) is 24.7 Å². The minimum Gasteiger partial charge on any atom is -0.491 e. The maximum absolute atomic E-state index is 12.2. The molecule has 1 saturated heterocycles. The third-order valence-electron chi connectivity index (χ3n) is 3.11. The lowest BCUT2D eigenvalue weighted by molar-refractivity contribution is -0.116. The van der Waals surface area contributed by atoms with Gasteiger partial charge < -0.3 is 19.1 Å². The van der Waals surface area contributed by atoms with Crippen LogP contribution in [0.4, 0.5) is 5.69 Å². The van der Waals surface area contributed by atoms with Gasteiger partial charge in [0.2, 0.25) is 5.91 Å². The third kappa shape index (κ3) is 4.33. The molecular weight excluding hydrogens is 294 g/mol. The number of para-hydroxylation sites is 2. The summed E-state index contributed by atoms with van der Waals surface area (Å²) >= 11 is 5.73. The predicted molar refractivity (Wildman–Crippen MR) is 81.0 cm³/mol. The highest BCUT2D eigenvalue weighted by Crippen LogP contribution is 2.29. The van der Waals surface area contributed by atoms with E-state index < -0.39 is 0 Å². The van der Waals surface area contributed by atoms with Crippen LogP contribution in [-0.4, -0.2) is 44.4 Å². The van der Waals surface area contributed by atoms with Gasteiger partial charge >= 0.3 is 0 Å². The normalized spacial score (nSPS) is 17.7. The summed E-state index contributed by atoms with van der Waals surface area (Å²) in [4.78, 5) is 13.8. The van der Waals surface area contributed by atoms with Crippen molar-refractivity contribution in [1.82, 2.24) is 0 Å². The van der Waals surface area contributed by atoms with E-state index in [0.29, 0.717) is 31.2 Å². The smallest absolute Gasteiger partial charge is 0.242 e. The van der Waals surface area contributed by atoms with E-state index in [2.05, 4.69) is 0 Å². The van der Waals surface area contributed by atoms with Crippen LogP contribution in [0.25, 0.3) is 0 Å². The van der Waals surface area contributed by atoms with Crippen LogP contribution in [0.2, 0.25) is 0 Å². The molecule has 116 valence electrons. The zero-order valence-corrected chi connectivity index (χ0v) is 12.8. The summed E-state index contributed by atoms with van der Waals surface area (Å²) in [7, 11) is 0.